The molecule has 5 nitrogen and oxygen atoms in total. The second-order valence-corrected chi connectivity index (χ2v) is 3.03. The molecule has 0 bridgehead atoms. The predicted octanol–water partition coefficient (Wildman–Crippen LogP) is 0.799. The van der Waals surface area contributed by atoms with E-state index in [2.05, 4.69) is 19.9 Å². The normalized spacial score (nSPS) is 11.1. The monoisotopic (exact) mass is 186 g/mol. The first-order valence-corrected chi connectivity index (χ1v) is 4.15. The van der Waals surface area contributed by atoms with Crippen molar-refractivity contribution in [1.82, 2.24) is 19.9 Å². The molecule has 68 valence electrons. The summed E-state index contributed by atoms with van der Waals surface area (Å²) in [5, 5.41) is 0.912. The summed E-state index contributed by atoms with van der Waals surface area (Å²) in [6, 6.07) is 3.71. The van der Waals surface area contributed by atoms with Crippen LogP contribution in [0.15, 0.2) is 29.5 Å². The molecule has 0 fully saturated rings. The number of aromatic amines is 2. The van der Waals surface area contributed by atoms with Gasteiger partial charge in [0.05, 0.1) is 16.6 Å². The fourth-order valence-electron chi connectivity index (χ4n) is 1.55. The van der Waals surface area contributed by atoms with Crippen LogP contribution in [0.25, 0.3) is 21.9 Å². The summed E-state index contributed by atoms with van der Waals surface area (Å²) in [5.74, 6) is 0. The maximum Gasteiger partial charge on any atom is 0.323 e. The fraction of sp³-hybridized carbons (Fsp3) is 0. The number of H-pyrrole nitrogens is 2. The molecular weight excluding hydrogens is 180 g/mol. The van der Waals surface area contributed by atoms with E-state index in [9.17, 15) is 4.79 Å². The molecule has 1 aromatic carbocycles. The molecule has 3 aromatic rings. The average molecular weight is 186 g/mol. The summed E-state index contributed by atoms with van der Waals surface area (Å²) < 4.78 is 0. The highest BCUT2D eigenvalue weighted by molar-refractivity contribution is 6.00. The maximum absolute atomic E-state index is 11.1. The van der Waals surface area contributed by atoms with Gasteiger partial charge >= 0.3 is 5.69 Å². The van der Waals surface area contributed by atoms with Crippen LogP contribution in [0.4, 0.5) is 0 Å². The Balaban J connectivity index is 2.66. The van der Waals surface area contributed by atoms with E-state index in [0.717, 1.165) is 21.9 Å². The van der Waals surface area contributed by atoms with Crippen molar-refractivity contribution in [1.29, 1.82) is 0 Å². The van der Waals surface area contributed by atoms with Gasteiger partial charge in [0.25, 0.3) is 0 Å². The van der Waals surface area contributed by atoms with Gasteiger partial charge in [-0.05, 0) is 12.1 Å². The molecule has 2 heterocycles. The van der Waals surface area contributed by atoms with Crippen molar-refractivity contribution in [2.24, 2.45) is 0 Å². The molecule has 0 atom stereocenters. The van der Waals surface area contributed by atoms with Crippen molar-refractivity contribution < 1.29 is 0 Å². The fourth-order valence-corrected chi connectivity index (χ4v) is 1.55. The first kappa shape index (κ1) is 7.25. The molecule has 2 aromatic heterocycles. The summed E-state index contributed by atoms with van der Waals surface area (Å²) in [4.78, 5) is 24.5. The molecule has 0 aliphatic heterocycles. The van der Waals surface area contributed by atoms with Crippen LogP contribution < -0.4 is 5.69 Å². The van der Waals surface area contributed by atoms with E-state index in [1.54, 1.807) is 6.20 Å². The molecule has 14 heavy (non-hydrogen) atoms. The van der Waals surface area contributed by atoms with Gasteiger partial charge in [0.15, 0.2) is 0 Å². The largest absolute Gasteiger partial charge is 0.323 e. The lowest BCUT2D eigenvalue weighted by Gasteiger charge is -1.95. The summed E-state index contributed by atoms with van der Waals surface area (Å²) in [6.45, 7) is 0. The smallest absolute Gasteiger partial charge is 0.306 e. The Kier molecular flexibility index (Phi) is 1.25. The molecule has 0 aliphatic carbocycles. The average Bonchev–Trinajstić information content (AvgIpc) is 2.59. The Hall–Kier alpha value is -2.17. The Morgan fingerprint density at radius 3 is 3.07 bits per heavy atom. The number of rotatable bonds is 0. The third-order valence-corrected chi connectivity index (χ3v) is 2.16. The van der Waals surface area contributed by atoms with Gasteiger partial charge in [-0.2, -0.15) is 0 Å². The van der Waals surface area contributed by atoms with E-state index in [1.807, 2.05) is 12.1 Å². The van der Waals surface area contributed by atoms with Crippen LogP contribution in [-0.2, 0) is 0 Å². The van der Waals surface area contributed by atoms with E-state index >= 15 is 0 Å². The van der Waals surface area contributed by atoms with Crippen LogP contribution in [0.1, 0.15) is 0 Å². The summed E-state index contributed by atoms with van der Waals surface area (Å²) in [5.41, 5.74) is 2.04. The van der Waals surface area contributed by atoms with Crippen molar-refractivity contribution in [3.8, 4) is 0 Å². The van der Waals surface area contributed by atoms with Crippen molar-refractivity contribution in [3.05, 3.63) is 35.1 Å². The van der Waals surface area contributed by atoms with Gasteiger partial charge in [0, 0.05) is 11.6 Å². The third-order valence-electron chi connectivity index (χ3n) is 2.16. The molecular formula is C9H6N4O. The summed E-state index contributed by atoms with van der Waals surface area (Å²) in [7, 11) is 0. The Bertz CT molecular complexity index is 667. The zero-order valence-corrected chi connectivity index (χ0v) is 7.11. The topological polar surface area (TPSA) is 74.4 Å². The Morgan fingerprint density at radius 1 is 1.21 bits per heavy atom. The number of hydrogen-bond donors (Lipinski definition) is 2. The molecule has 0 saturated heterocycles. The number of nitrogens with one attached hydrogen (secondary N) is 2. The van der Waals surface area contributed by atoms with Crippen molar-refractivity contribution in [2.45, 2.75) is 0 Å². The SMILES string of the molecule is O=c1[nH]c2ccc3cncnc3c2[nH]1. The number of nitrogens with zero attached hydrogens (tertiary/aromatic N) is 2. The molecule has 0 aliphatic rings. The summed E-state index contributed by atoms with van der Waals surface area (Å²) in [6.07, 6.45) is 3.18. The van der Waals surface area contributed by atoms with Gasteiger partial charge in [0.1, 0.15) is 6.33 Å². The van der Waals surface area contributed by atoms with Gasteiger partial charge < -0.3 is 9.97 Å². The lowest BCUT2D eigenvalue weighted by Crippen LogP contribution is -1.99. The highest BCUT2D eigenvalue weighted by atomic mass is 16.1. The quantitative estimate of drug-likeness (QED) is 0.545. The number of fused-ring (bicyclic) bond motifs is 3. The molecule has 2 N–H and O–H groups in total. The molecule has 0 unspecified atom stereocenters. The van der Waals surface area contributed by atoms with Crippen molar-refractivity contribution in [2.75, 3.05) is 0 Å². The highest BCUT2D eigenvalue weighted by Gasteiger charge is 2.03. The molecule has 0 amide bonds. The van der Waals surface area contributed by atoms with Gasteiger partial charge in [0.2, 0.25) is 0 Å². The van der Waals surface area contributed by atoms with E-state index in [4.69, 9.17) is 0 Å². The lowest BCUT2D eigenvalue weighted by molar-refractivity contribution is 1.21. The van der Waals surface area contributed by atoms with Crippen LogP contribution in [0.2, 0.25) is 0 Å². The molecule has 0 spiro atoms. The molecule has 5 heteroatoms. The van der Waals surface area contributed by atoms with Crippen LogP contribution in [0, 0.1) is 0 Å². The standard InChI is InChI=1S/C9H6N4O/c14-9-12-6-2-1-5-3-10-4-11-7(5)8(6)13-9/h1-4H,(H2,12,13,14). The van der Waals surface area contributed by atoms with E-state index in [-0.39, 0.29) is 5.69 Å². The second-order valence-electron chi connectivity index (χ2n) is 3.03. The molecule has 0 radical (unpaired) electrons. The number of benzene rings is 1. The lowest BCUT2D eigenvalue weighted by atomic mass is 10.2. The van der Waals surface area contributed by atoms with E-state index in [1.165, 1.54) is 6.33 Å². The van der Waals surface area contributed by atoms with Crippen LogP contribution in [0.3, 0.4) is 0 Å². The van der Waals surface area contributed by atoms with Gasteiger partial charge in [-0.15, -0.1) is 0 Å². The number of aromatic nitrogens is 4. The Labute approximate surface area is 77.8 Å². The minimum Gasteiger partial charge on any atom is -0.306 e. The number of imidazole rings is 1. The van der Waals surface area contributed by atoms with Crippen LogP contribution in [-0.4, -0.2) is 19.9 Å². The van der Waals surface area contributed by atoms with Gasteiger partial charge in [-0.3, -0.25) is 0 Å². The minimum absolute atomic E-state index is 0.217. The zero-order valence-electron chi connectivity index (χ0n) is 7.11. The van der Waals surface area contributed by atoms with Crippen LogP contribution >= 0.6 is 0 Å². The Morgan fingerprint density at radius 2 is 2.14 bits per heavy atom. The first-order valence-electron chi connectivity index (χ1n) is 4.15. The first-order chi connectivity index (χ1) is 6.84. The zero-order chi connectivity index (χ0) is 9.54. The highest BCUT2D eigenvalue weighted by Crippen LogP contribution is 2.17. The van der Waals surface area contributed by atoms with Crippen molar-refractivity contribution >= 4 is 21.9 Å². The predicted molar refractivity (Wildman–Crippen MR) is 52.0 cm³/mol. The van der Waals surface area contributed by atoms with E-state index < -0.39 is 0 Å². The summed E-state index contributed by atoms with van der Waals surface area (Å²) >= 11 is 0. The molecule has 0 saturated carbocycles. The maximum atomic E-state index is 11.1. The van der Waals surface area contributed by atoms with Gasteiger partial charge in [-0.1, -0.05) is 0 Å². The van der Waals surface area contributed by atoms with E-state index in [0.29, 0.717) is 0 Å². The minimum atomic E-state index is -0.217. The molecule has 3 rings (SSSR count). The van der Waals surface area contributed by atoms with Gasteiger partial charge in [-0.25, -0.2) is 14.8 Å². The second kappa shape index (κ2) is 2.41. The van der Waals surface area contributed by atoms with Crippen molar-refractivity contribution in [3.63, 3.8) is 0 Å². The van der Waals surface area contributed by atoms with Crippen LogP contribution in [0.5, 0.6) is 0 Å². The number of hydrogen-bond acceptors (Lipinski definition) is 3. The third kappa shape index (κ3) is 0.861.